The van der Waals surface area contributed by atoms with Gasteiger partial charge < -0.3 is 0 Å². The lowest BCUT2D eigenvalue weighted by Gasteiger charge is -2.06. The molecule has 0 N–H and O–H groups in total. The van der Waals surface area contributed by atoms with Crippen molar-refractivity contribution in [2.24, 2.45) is 0 Å². The van der Waals surface area contributed by atoms with Crippen LogP contribution in [0, 0.1) is 5.82 Å². The Bertz CT molecular complexity index is 866. The van der Waals surface area contributed by atoms with Gasteiger partial charge in [0, 0.05) is 12.6 Å². The summed E-state index contributed by atoms with van der Waals surface area (Å²) in [6.07, 6.45) is -2.97. The van der Waals surface area contributed by atoms with E-state index in [1.165, 1.54) is 30.3 Å². The summed E-state index contributed by atoms with van der Waals surface area (Å²) in [4.78, 5) is 15.5. The highest BCUT2D eigenvalue weighted by Gasteiger charge is 2.31. The Morgan fingerprint density at radius 1 is 1.09 bits per heavy atom. The molecule has 3 nitrogen and oxygen atoms in total. The number of nitrogens with zero attached hydrogens (tertiary/aromatic N) is 2. The first-order chi connectivity index (χ1) is 10.9. The van der Waals surface area contributed by atoms with Gasteiger partial charge in [-0.05, 0) is 29.8 Å². The molecule has 0 aliphatic heterocycles. The van der Waals surface area contributed by atoms with Crippen LogP contribution in [0.15, 0.2) is 42.6 Å². The minimum Gasteiger partial charge on any atom is -0.296 e. The highest BCUT2D eigenvalue weighted by atomic mass is 19.4. The van der Waals surface area contributed by atoms with E-state index in [9.17, 15) is 22.4 Å². The summed E-state index contributed by atoms with van der Waals surface area (Å²) >= 11 is 0. The van der Waals surface area contributed by atoms with Crippen molar-refractivity contribution in [1.29, 1.82) is 0 Å². The lowest BCUT2D eigenvalue weighted by molar-refractivity contribution is -0.137. The molecule has 0 unspecified atom stereocenters. The number of alkyl halides is 3. The lowest BCUT2D eigenvalue weighted by Crippen LogP contribution is -2.07. The van der Waals surface area contributed by atoms with Gasteiger partial charge in [0.1, 0.15) is 17.2 Å². The van der Waals surface area contributed by atoms with Gasteiger partial charge in [0.2, 0.25) is 0 Å². The normalized spacial score (nSPS) is 11.8. The highest BCUT2D eigenvalue weighted by Crippen LogP contribution is 2.29. The van der Waals surface area contributed by atoms with Gasteiger partial charge in [0.25, 0.3) is 0 Å². The first kappa shape index (κ1) is 15.2. The second-order valence-corrected chi connectivity index (χ2v) is 5.01. The number of carbonyl (C=O) groups excluding carboxylic acids is 1. The summed E-state index contributed by atoms with van der Waals surface area (Å²) in [5, 5.41) is 0. The standard InChI is InChI=1S/C16H10F4N2O/c17-12-4-1-10(2-5-12)7-13-14(9-23)22-8-11(16(18,19)20)3-6-15(22)21-13/h1-6,8-9H,7H2. The smallest absolute Gasteiger partial charge is 0.296 e. The maximum Gasteiger partial charge on any atom is 0.417 e. The van der Waals surface area contributed by atoms with Gasteiger partial charge >= 0.3 is 6.18 Å². The van der Waals surface area contributed by atoms with E-state index >= 15 is 0 Å². The molecule has 118 valence electrons. The molecule has 0 bridgehead atoms. The Hall–Kier alpha value is -2.70. The average molecular weight is 322 g/mol. The number of pyridine rings is 1. The predicted molar refractivity (Wildman–Crippen MR) is 74.8 cm³/mol. The summed E-state index contributed by atoms with van der Waals surface area (Å²) in [7, 11) is 0. The third-order valence-corrected chi connectivity index (χ3v) is 3.46. The third kappa shape index (κ3) is 2.94. The van der Waals surface area contributed by atoms with E-state index in [4.69, 9.17) is 0 Å². The number of carbonyl (C=O) groups is 1. The topological polar surface area (TPSA) is 34.4 Å². The zero-order valence-electron chi connectivity index (χ0n) is 11.6. The number of aromatic nitrogens is 2. The van der Waals surface area contributed by atoms with Gasteiger partial charge in [-0.25, -0.2) is 9.37 Å². The number of hydrogen-bond donors (Lipinski definition) is 0. The van der Waals surface area contributed by atoms with E-state index in [1.807, 2.05) is 0 Å². The summed E-state index contributed by atoms with van der Waals surface area (Å²) in [5.41, 5.74) is 0.478. The molecule has 3 aromatic rings. The largest absolute Gasteiger partial charge is 0.417 e. The van der Waals surface area contributed by atoms with Crippen LogP contribution in [0.2, 0.25) is 0 Å². The van der Waals surface area contributed by atoms with Crippen LogP contribution in [0.25, 0.3) is 5.65 Å². The van der Waals surface area contributed by atoms with Gasteiger partial charge in [-0.1, -0.05) is 12.1 Å². The van der Waals surface area contributed by atoms with Crippen molar-refractivity contribution in [1.82, 2.24) is 9.38 Å². The van der Waals surface area contributed by atoms with E-state index in [-0.39, 0.29) is 17.8 Å². The maximum absolute atomic E-state index is 12.9. The van der Waals surface area contributed by atoms with Gasteiger partial charge in [0.05, 0.1) is 11.3 Å². The zero-order valence-corrected chi connectivity index (χ0v) is 11.6. The average Bonchev–Trinajstić information content (AvgIpc) is 2.84. The van der Waals surface area contributed by atoms with Crippen molar-refractivity contribution in [2.75, 3.05) is 0 Å². The molecular formula is C16H10F4N2O. The minimum atomic E-state index is -4.50. The fourth-order valence-corrected chi connectivity index (χ4v) is 2.33. The molecule has 2 aromatic heterocycles. The molecule has 0 amide bonds. The number of imidazole rings is 1. The van der Waals surface area contributed by atoms with Crippen LogP contribution in [0.1, 0.15) is 27.3 Å². The van der Waals surface area contributed by atoms with Crippen molar-refractivity contribution < 1.29 is 22.4 Å². The van der Waals surface area contributed by atoms with Gasteiger partial charge in [0.15, 0.2) is 6.29 Å². The third-order valence-electron chi connectivity index (χ3n) is 3.46. The second-order valence-electron chi connectivity index (χ2n) is 5.01. The molecule has 3 rings (SSSR count). The fraction of sp³-hybridized carbons (Fsp3) is 0.125. The maximum atomic E-state index is 12.9. The Morgan fingerprint density at radius 3 is 2.39 bits per heavy atom. The number of benzene rings is 1. The highest BCUT2D eigenvalue weighted by molar-refractivity contribution is 5.76. The molecule has 0 fully saturated rings. The summed E-state index contributed by atoms with van der Waals surface area (Å²) < 4.78 is 52.4. The molecule has 0 aliphatic rings. The Balaban J connectivity index is 2.07. The molecule has 0 saturated carbocycles. The predicted octanol–water partition coefficient (Wildman–Crippen LogP) is 3.90. The number of hydrogen-bond acceptors (Lipinski definition) is 2. The minimum absolute atomic E-state index is 0.0513. The van der Waals surface area contributed by atoms with Crippen LogP contribution in [-0.4, -0.2) is 15.7 Å². The molecule has 1 aromatic carbocycles. The molecule has 0 spiro atoms. The molecule has 0 aliphatic carbocycles. The first-order valence-corrected chi connectivity index (χ1v) is 6.66. The number of fused-ring (bicyclic) bond motifs is 1. The quantitative estimate of drug-likeness (QED) is 0.541. The van der Waals surface area contributed by atoms with E-state index in [0.717, 1.165) is 16.7 Å². The molecule has 2 heterocycles. The molecule has 0 radical (unpaired) electrons. The molecule has 7 heteroatoms. The van der Waals surface area contributed by atoms with Crippen molar-refractivity contribution in [2.45, 2.75) is 12.6 Å². The van der Waals surface area contributed by atoms with Crippen LogP contribution < -0.4 is 0 Å². The van der Waals surface area contributed by atoms with Gasteiger partial charge in [-0.2, -0.15) is 13.2 Å². The summed E-state index contributed by atoms with van der Waals surface area (Å²) in [6, 6.07) is 7.74. The lowest BCUT2D eigenvalue weighted by atomic mass is 10.1. The van der Waals surface area contributed by atoms with Gasteiger partial charge in [-0.15, -0.1) is 0 Å². The van der Waals surface area contributed by atoms with Crippen molar-refractivity contribution in [3.8, 4) is 0 Å². The van der Waals surface area contributed by atoms with Crippen LogP contribution in [0.5, 0.6) is 0 Å². The van der Waals surface area contributed by atoms with Crippen molar-refractivity contribution in [3.05, 3.63) is 70.9 Å². The van der Waals surface area contributed by atoms with E-state index in [2.05, 4.69) is 4.98 Å². The van der Waals surface area contributed by atoms with Crippen LogP contribution in [0.4, 0.5) is 17.6 Å². The number of halogens is 4. The Kier molecular flexibility index (Phi) is 3.63. The van der Waals surface area contributed by atoms with E-state index in [0.29, 0.717) is 17.5 Å². The number of aldehydes is 1. The van der Waals surface area contributed by atoms with Crippen LogP contribution >= 0.6 is 0 Å². The van der Waals surface area contributed by atoms with Crippen LogP contribution in [0.3, 0.4) is 0 Å². The second kappa shape index (κ2) is 5.49. The summed E-state index contributed by atoms with van der Waals surface area (Å²) in [6.45, 7) is 0. The van der Waals surface area contributed by atoms with E-state index < -0.39 is 17.6 Å². The molecule has 0 atom stereocenters. The van der Waals surface area contributed by atoms with Crippen molar-refractivity contribution >= 4 is 11.9 Å². The number of rotatable bonds is 3. The molecule has 0 saturated heterocycles. The Morgan fingerprint density at radius 2 is 1.78 bits per heavy atom. The first-order valence-electron chi connectivity index (χ1n) is 6.66. The van der Waals surface area contributed by atoms with E-state index in [1.54, 1.807) is 0 Å². The summed E-state index contributed by atoms with van der Waals surface area (Å²) in [5.74, 6) is -0.394. The molecule has 23 heavy (non-hydrogen) atoms. The van der Waals surface area contributed by atoms with Crippen LogP contribution in [-0.2, 0) is 12.6 Å². The fourth-order valence-electron chi connectivity index (χ4n) is 2.33. The molecular weight excluding hydrogens is 312 g/mol. The SMILES string of the molecule is O=Cc1c(Cc2ccc(F)cc2)nc2ccc(C(F)(F)F)cn12. The Labute approximate surface area is 128 Å². The van der Waals surface area contributed by atoms with Gasteiger partial charge in [-0.3, -0.25) is 9.20 Å². The zero-order chi connectivity index (χ0) is 16.6. The monoisotopic (exact) mass is 322 g/mol. The van der Waals surface area contributed by atoms with Crippen molar-refractivity contribution in [3.63, 3.8) is 0 Å².